The van der Waals surface area contributed by atoms with Crippen LogP contribution < -0.4 is 15.0 Å². The average Bonchev–Trinajstić information content (AvgIpc) is 3.15. The Morgan fingerprint density at radius 3 is 2.25 bits per heavy atom. The van der Waals surface area contributed by atoms with Crippen LogP contribution in [0.2, 0.25) is 0 Å². The maximum atomic E-state index is 12.9. The molecule has 0 bridgehead atoms. The summed E-state index contributed by atoms with van der Waals surface area (Å²) in [6, 6.07) is 14.3. The molecule has 0 saturated heterocycles. The predicted octanol–water partition coefficient (Wildman–Crippen LogP) is 5.41. The van der Waals surface area contributed by atoms with Gasteiger partial charge in [0.25, 0.3) is 11.8 Å². The van der Waals surface area contributed by atoms with E-state index in [0.717, 1.165) is 31.2 Å². The highest BCUT2D eigenvalue weighted by atomic mass is 16.5. The van der Waals surface area contributed by atoms with Gasteiger partial charge in [0.2, 0.25) is 0 Å². The van der Waals surface area contributed by atoms with E-state index in [-0.39, 0.29) is 24.3 Å². The number of ether oxygens (including phenoxy) is 1. The fourth-order valence-electron chi connectivity index (χ4n) is 3.96. The lowest BCUT2D eigenvalue weighted by atomic mass is 10.0. The summed E-state index contributed by atoms with van der Waals surface area (Å²) in [6.07, 6.45) is 4.64. The van der Waals surface area contributed by atoms with Crippen molar-refractivity contribution in [2.24, 2.45) is 0 Å². The van der Waals surface area contributed by atoms with Crippen molar-refractivity contribution in [3.8, 4) is 5.75 Å². The van der Waals surface area contributed by atoms with Gasteiger partial charge in [-0.3, -0.25) is 14.4 Å². The van der Waals surface area contributed by atoms with E-state index >= 15 is 0 Å². The van der Waals surface area contributed by atoms with Crippen molar-refractivity contribution in [1.29, 1.82) is 0 Å². The molecular formula is C28H34N2O6. The van der Waals surface area contributed by atoms with Crippen LogP contribution in [0, 0.1) is 0 Å². The molecule has 0 aromatic heterocycles. The van der Waals surface area contributed by atoms with Gasteiger partial charge in [0, 0.05) is 17.8 Å². The second kappa shape index (κ2) is 12.8. The van der Waals surface area contributed by atoms with Gasteiger partial charge in [-0.05, 0) is 60.7 Å². The Kier molecular flexibility index (Phi) is 9.50. The van der Waals surface area contributed by atoms with Gasteiger partial charge >= 0.3 is 5.97 Å². The number of unbranched alkanes of at least 4 members (excludes halogenated alkanes) is 4. The molecule has 8 nitrogen and oxygen atoms in total. The molecule has 36 heavy (non-hydrogen) atoms. The van der Waals surface area contributed by atoms with Gasteiger partial charge in [0.15, 0.2) is 0 Å². The van der Waals surface area contributed by atoms with Crippen molar-refractivity contribution in [3.63, 3.8) is 0 Å². The van der Waals surface area contributed by atoms with Crippen molar-refractivity contribution in [3.05, 3.63) is 65.4 Å². The van der Waals surface area contributed by atoms with E-state index in [1.165, 1.54) is 4.90 Å². The maximum Gasteiger partial charge on any atom is 0.303 e. The molecule has 0 saturated carbocycles. The first-order valence-corrected chi connectivity index (χ1v) is 12.4. The molecular weight excluding hydrogens is 460 g/mol. The van der Waals surface area contributed by atoms with Crippen LogP contribution in [0.4, 0.5) is 11.4 Å². The molecule has 8 heteroatoms. The number of aliphatic carboxylic acids is 1. The monoisotopic (exact) mass is 494 g/mol. The highest BCUT2D eigenvalue weighted by Crippen LogP contribution is 2.27. The number of nitrogens with one attached hydrogen (secondary N) is 1. The number of amides is 2. The van der Waals surface area contributed by atoms with Crippen molar-refractivity contribution >= 4 is 29.2 Å². The van der Waals surface area contributed by atoms with Crippen LogP contribution in [0.25, 0.3) is 0 Å². The minimum Gasteiger partial charge on any atom is -0.509 e. The summed E-state index contributed by atoms with van der Waals surface area (Å²) in [5.74, 6) is -1.18. The van der Waals surface area contributed by atoms with Gasteiger partial charge in [-0.25, -0.2) is 0 Å². The molecule has 0 aliphatic carbocycles. The van der Waals surface area contributed by atoms with Crippen LogP contribution in [-0.4, -0.2) is 41.1 Å². The Morgan fingerprint density at radius 1 is 0.972 bits per heavy atom. The summed E-state index contributed by atoms with van der Waals surface area (Å²) in [6.45, 7) is 4.67. The minimum absolute atomic E-state index is 0.0467. The smallest absolute Gasteiger partial charge is 0.303 e. The van der Waals surface area contributed by atoms with Crippen LogP contribution >= 0.6 is 0 Å². The molecule has 1 aliphatic rings. The fourth-order valence-corrected chi connectivity index (χ4v) is 3.96. The number of hydrogen-bond donors (Lipinski definition) is 3. The molecule has 2 aromatic carbocycles. The highest BCUT2D eigenvalue weighted by Gasteiger charge is 2.36. The summed E-state index contributed by atoms with van der Waals surface area (Å²) in [5.41, 5.74) is 1.99. The van der Waals surface area contributed by atoms with Crippen LogP contribution in [0.3, 0.4) is 0 Å². The lowest BCUT2D eigenvalue weighted by Crippen LogP contribution is -2.30. The first-order valence-electron chi connectivity index (χ1n) is 12.4. The summed E-state index contributed by atoms with van der Waals surface area (Å²) in [7, 11) is 0. The van der Waals surface area contributed by atoms with E-state index in [0.29, 0.717) is 36.1 Å². The van der Waals surface area contributed by atoms with Crippen LogP contribution in [0.15, 0.2) is 59.9 Å². The van der Waals surface area contributed by atoms with E-state index < -0.39 is 17.8 Å². The standard InChI is InChI=1S/C28H34N2O6/c1-19(2)20-9-13-22(14-10-20)30-18-24(31)26(28(30)35)27(34)29-21-11-15-23(16-12-21)36-17-7-5-3-4-6-8-25(32)33/h9-16,19,31H,3-8,17-18H2,1-2H3,(H,29,34)(H,32,33). The first-order chi connectivity index (χ1) is 17.3. The largest absolute Gasteiger partial charge is 0.509 e. The Morgan fingerprint density at radius 2 is 1.61 bits per heavy atom. The summed E-state index contributed by atoms with van der Waals surface area (Å²) < 4.78 is 5.71. The zero-order valence-corrected chi connectivity index (χ0v) is 20.8. The number of rotatable bonds is 13. The van der Waals surface area contributed by atoms with Crippen molar-refractivity contribution in [2.45, 2.75) is 58.3 Å². The SMILES string of the molecule is CC(C)c1ccc(N2CC(O)=C(C(=O)Nc3ccc(OCCCCCCCC(=O)O)cc3)C2=O)cc1. The number of carbonyl (C=O) groups is 3. The normalized spacial score (nSPS) is 13.4. The molecule has 192 valence electrons. The van der Waals surface area contributed by atoms with Gasteiger partial charge in [0.05, 0.1) is 13.2 Å². The average molecular weight is 495 g/mol. The second-order valence-electron chi connectivity index (χ2n) is 9.20. The molecule has 0 fully saturated rings. The zero-order chi connectivity index (χ0) is 26.1. The molecule has 3 N–H and O–H groups in total. The molecule has 1 heterocycles. The van der Waals surface area contributed by atoms with Gasteiger partial charge in [-0.1, -0.05) is 45.2 Å². The third-order valence-electron chi connectivity index (χ3n) is 6.07. The van der Waals surface area contributed by atoms with Gasteiger partial charge in [0.1, 0.15) is 17.1 Å². The summed E-state index contributed by atoms with van der Waals surface area (Å²) >= 11 is 0. The maximum absolute atomic E-state index is 12.9. The molecule has 2 amide bonds. The molecule has 0 radical (unpaired) electrons. The number of anilines is 2. The lowest BCUT2D eigenvalue weighted by Gasteiger charge is -2.17. The summed E-state index contributed by atoms with van der Waals surface area (Å²) in [4.78, 5) is 37.5. The number of hydrogen-bond acceptors (Lipinski definition) is 5. The number of carboxylic acid groups (broad SMARTS) is 1. The van der Waals surface area contributed by atoms with Crippen molar-refractivity contribution < 1.29 is 29.3 Å². The molecule has 0 atom stereocenters. The lowest BCUT2D eigenvalue weighted by molar-refractivity contribution is -0.137. The Labute approximate surface area is 211 Å². The van der Waals surface area contributed by atoms with Crippen molar-refractivity contribution in [1.82, 2.24) is 0 Å². The Bertz CT molecular complexity index is 1090. The van der Waals surface area contributed by atoms with Crippen LogP contribution in [0.5, 0.6) is 5.75 Å². The Hall–Kier alpha value is -3.81. The molecule has 1 aliphatic heterocycles. The van der Waals surface area contributed by atoms with Crippen LogP contribution in [-0.2, 0) is 14.4 Å². The van der Waals surface area contributed by atoms with E-state index in [4.69, 9.17) is 9.84 Å². The van der Waals surface area contributed by atoms with E-state index in [1.54, 1.807) is 24.3 Å². The highest BCUT2D eigenvalue weighted by molar-refractivity contribution is 6.29. The third kappa shape index (κ3) is 7.34. The number of aliphatic hydroxyl groups is 1. The predicted molar refractivity (Wildman–Crippen MR) is 138 cm³/mol. The molecule has 0 unspecified atom stereocenters. The fraction of sp³-hybridized carbons (Fsp3) is 0.393. The third-order valence-corrected chi connectivity index (χ3v) is 6.07. The van der Waals surface area contributed by atoms with E-state index in [9.17, 15) is 19.5 Å². The van der Waals surface area contributed by atoms with Gasteiger partial charge in [-0.2, -0.15) is 0 Å². The zero-order valence-electron chi connectivity index (χ0n) is 20.8. The summed E-state index contributed by atoms with van der Waals surface area (Å²) in [5, 5.41) is 21.6. The van der Waals surface area contributed by atoms with Crippen molar-refractivity contribution in [2.75, 3.05) is 23.4 Å². The van der Waals surface area contributed by atoms with E-state index in [1.807, 2.05) is 24.3 Å². The number of carbonyl (C=O) groups excluding carboxylic acids is 2. The topological polar surface area (TPSA) is 116 Å². The first kappa shape index (κ1) is 26.8. The van der Waals surface area contributed by atoms with Gasteiger partial charge < -0.3 is 25.2 Å². The number of aliphatic hydroxyl groups excluding tert-OH is 1. The van der Waals surface area contributed by atoms with Crippen LogP contribution in [0.1, 0.15) is 63.9 Å². The minimum atomic E-state index is -0.754. The Balaban J connectivity index is 1.46. The molecule has 3 rings (SSSR count). The van der Waals surface area contributed by atoms with E-state index in [2.05, 4.69) is 19.2 Å². The van der Waals surface area contributed by atoms with Gasteiger partial charge in [-0.15, -0.1) is 0 Å². The quantitative estimate of drug-likeness (QED) is 0.253. The number of nitrogens with zero attached hydrogens (tertiary/aromatic N) is 1. The number of carboxylic acids is 1. The molecule has 2 aromatic rings. The second-order valence-corrected chi connectivity index (χ2v) is 9.20. The molecule has 0 spiro atoms. The number of benzene rings is 2.